The normalized spacial score (nSPS) is 11.3. The third kappa shape index (κ3) is 5.01. The van der Waals surface area contributed by atoms with Crippen molar-refractivity contribution in [3.05, 3.63) is 46.4 Å². The van der Waals surface area contributed by atoms with Gasteiger partial charge in [0.25, 0.3) is 5.91 Å². The van der Waals surface area contributed by atoms with Crippen LogP contribution < -0.4 is 21.3 Å². The molecule has 0 bridgehead atoms. The van der Waals surface area contributed by atoms with Crippen molar-refractivity contribution in [3.63, 3.8) is 0 Å². The summed E-state index contributed by atoms with van der Waals surface area (Å²) in [5.41, 5.74) is 0.836. The molecule has 0 fully saturated rings. The molecule has 132 valence electrons. The van der Waals surface area contributed by atoms with E-state index in [1.807, 2.05) is 0 Å². The van der Waals surface area contributed by atoms with Gasteiger partial charge in [-0.3, -0.25) is 14.9 Å². The largest absolute Gasteiger partial charge is 0.374 e. The van der Waals surface area contributed by atoms with Gasteiger partial charge in [0.15, 0.2) is 0 Å². The highest BCUT2D eigenvalue weighted by molar-refractivity contribution is 7.08. The number of benzene rings is 1. The quantitative estimate of drug-likeness (QED) is 0.655. The lowest BCUT2D eigenvalue weighted by molar-refractivity contribution is -0.120. The van der Waals surface area contributed by atoms with Gasteiger partial charge in [-0.2, -0.15) is 11.3 Å². The Hall–Kier alpha value is -2.94. The molecule has 0 saturated carbocycles. The molecular weight excluding hydrogens is 347 g/mol. The van der Waals surface area contributed by atoms with E-state index < -0.39 is 29.7 Å². The van der Waals surface area contributed by atoms with Crippen molar-refractivity contribution in [3.8, 4) is 0 Å². The number of carbonyl (C=O) groups excluding carboxylic acids is 3. The van der Waals surface area contributed by atoms with Crippen molar-refractivity contribution >= 4 is 40.6 Å². The highest BCUT2D eigenvalue weighted by atomic mass is 32.1. The van der Waals surface area contributed by atoms with Crippen LogP contribution in [-0.2, 0) is 4.79 Å². The van der Waals surface area contributed by atoms with E-state index in [9.17, 15) is 18.8 Å². The van der Waals surface area contributed by atoms with Gasteiger partial charge in [-0.25, -0.2) is 9.18 Å². The van der Waals surface area contributed by atoms with Crippen molar-refractivity contribution in [1.82, 2.24) is 10.6 Å². The van der Waals surface area contributed by atoms with Crippen LogP contribution in [0, 0.1) is 5.82 Å². The van der Waals surface area contributed by atoms with E-state index in [1.54, 1.807) is 23.8 Å². The van der Waals surface area contributed by atoms with E-state index in [0.717, 1.165) is 0 Å². The van der Waals surface area contributed by atoms with Crippen LogP contribution in [0.1, 0.15) is 17.3 Å². The number of hydrogen-bond acceptors (Lipinski definition) is 5. The summed E-state index contributed by atoms with van der Waals surface area (Å²) in [7, 11) is 1.39. The van der Waals surface area contributed by atoms with Crippen molar-refractivity contribution in [2.75, 3.05) is 17.7 Å². The third-order valence-corrected chi connectivity index (χ3v) is 3.92. The molecule has 4 N–H and O–H groups in total. The summed E-state index contributed by atoms with van der Waals surface area (Å²) in [6, 6.07) is 4.24. The molecule has 1 atom stereocenters. The minimum atomic E-state index is -0.747. The molecule has 9 heteroatoms. The molecule has 0 aliphatic heterocycles. The standard InChI is InChI=1S/C16H17FN4O3S/c1-9(14(22)21-16(24)18-2)19-11-3-4-12(17)13(7-11)20-15(23)10-5-6-25-8-10/h3-9,19H,1-2H3,(H,20,23)(H2,18,21,22,24). The first kappa shape index (κ1) is 18.4. The minimum absolute atomic E-state index is 0.0138. The number of urea groups is 1. The van der Waals surface area contributed by atoms with Gasteiger partial charge in [0.05, 0.1) is 11.3 Å². The monoisotopic (exact) mass is 364 g/mol. The van der Waals surface area contributed by atoms with E-state index in [0.29, 0.717) is 11.3 Å². The molecule has 4 amide bonds. The maximum absolute atomic E-state index is 13.9. The fourth-order valence-electron chi connectivity index (χ4n) is 1.90. The van der Waals surface area contributed by atoms with Crippen LogP contribution in [0.5, 0.6) is 0 Å². The number of imide groups is 1. The Kier molecular flexibility index (Phi) is 6.07. The van der Waals surface area contributed by atoms with E-state index in [-0.39, 0.29) is 5.69 Å². The zero-order valence-electron chi connectivity index (χ0n) is 13.6. The lowest BCUT2D eigenvalue weighted by atomic mass is 10.2. The number of halogens is 1. The summed E-state index contributed by atoms with van der Waals surface area (Å²) in [6.45, 7) is 1.55. The number of thiophene rings is 1. The third-order valence-electron chi connectivity index (χ3n) is 3.24. The fourth-order valence-corrected chi connectivity index (χ4v) is 2.53. The van der Waals surface area contributed by atoms with E-state index in [1.165, 1.54) is 36.6 Å². The Morgan fingerprint density at radius 3 is 2.60 bits per heavy atom. The summed E-state index contributed by atoms with van der Waals surface area (Å²) in [6.07, 6.45) is 0. The van der Waals surface area contributed by atoms with Crippen molar-refractivity contribution in [1.29, 1.82) is 0 Å². The van der Waals surface area contributed by atoms with Gasteiger partial charge in [0.1, 0.15) is 11.9 Å². The van der Waals surface area contributed by atoms with Gasteiger partial charge >= 0.3 is 6.03 Å². The van der Waals surface area contributed by atoms with Crippen molar-refractivity contribution in [2.45, 2.75) is 13.0 Å². The molecule has 25 heavy (non-hydrogen) atoms. The Balaban J connectivity index is 2.06. The molecule has 0 spiro atoms. The topological polar surface area (TPSA) is 99.3 Å². The molecular formula is C16H17FN4O3S. The first-order valence-electron chi connectivity index (χ1n) is 7.33. The second kappa shape index (κ2) is 8.25. The van der Waals surface area contributed by atoms with Crippen LogP contribution in [0.2, 0.25) is 0 Å². The summed E-state index contributed by atoms with van der Waals surface area (Å²) in [5.74, 6) is -1.58. The number of hydrogen-bond donors (Lipinski definition) is 4. The molecule has 1 heterocycles. The second-order valence-corrected chi connectivity index (χ2v) is 5.88. The Bertz CT molecular complexity index is 780. The fraction of sp³-hybridized carbons (Fsp3) is 0.188. The van der Waals surface area contributed by atoms with Gasteiger partial charge in [0, 0.05) is 18.1 Å². The molecule has 0 saturated heterocycles. The van der Waals surface area contributed by atoms with E-state index in [4.69, 9.17) is 0 Å². The van der Waals surface area contributed by atoms with Gasteiger partial charge in [-0.05, 0) is 36.6 Å². The molecule has 2 rings (SSSR count). The average Bonchev–Trinajstić information content (AvgIpc) is 3.12. The van der Waals surface area contributed by atoms with Crippen molar-refractivity contribution < 1.29 is 18.8 Å². The SMILES string of the molecule is CNC(=O)NC(=O)C(C)Nc1ccc(F)c(NC(=O)c2ccsc2)c1. The first-order valence-corrected chi connectivity index (χ1v) is 8.27. The molecule has 1 aromatic heterocycles. The van der Waals surface area contributed by atoms with E-state index >= 15 is 0 Å². The molecule has 0 aliphatic rings. The van der Waals surface area contributed by atoms with Crippen LogP contribution in [-0.4, -0.2) is 30.9 Å². The highest BCUT2D eigenvalue weighted by Crippen LogP contribution is 2.21. The van der Waals surface area contributed by atoms with Gasteiger partial charge in [0.2, 0.25) is 5.91 Å². The first-order chi connectivity index (χ1) is 11.9. The maximum Gasteiger partial charge on any atom is 0.321 e. The van der Waals surface area contributed by atoms with Crippen LogP contribution >= 0.6 is 11.3 Å². The number of anilines is 2. The van der Waals surface area contributed by atoms with Crippen LogP contribution in [0.4, 0.5) is 20.6 Å². The second-order valence-electron chi connectivity index (χ2n) is 5.10. The summed E-state index contributed by atoms with van der Waals surface area (Å²) in [4.78, 5) is 35.0. The van der Waals surface area contributed by atoms with E-state index in [2.05, 4.69) is 21.3 Å². The predicted octanol–water partition coefficient (Wildman–Crippen LogP) is 2.40. The van der Waals surface area contributed by atoms with Crippen molar-refractivity contribution in [2.24, 2.45) is 0 Å². The lowest BCUT2D eigenvalue weighted by Crippen LogP contribution is -2.44. The number of carbonyl (C=O) groups is 3. The molecule has 1 aromatic carbocycles. The Labute approximate surface area is 147 Å². The molecule has 0 radical (unpaired) electrons. The maximum atomic E-state index is 13.9. The number of amides is 4. The zero-order valence-corrected chi connectivity index (χ0v) is 14.4. The van der Waals surface area contributed by atoms with Crippen LogP contribution in [0.15, 0.2) is 35.0 Å². The van der Waals surface area contributed by atoms with Gasteiger partial charge in [-0.15, -0.1) is 0 Å². The number of nitrogens with one attached hydrogen (secondary N) is 4. The zero-order chi connectivity index (χ0) is 18.4. The molecule has 0 aliphatic carbocycles. The van der Waals surface area contributed by atoms with Crippen LogP contribution in [0.3, 0.4) is 0 Å². The van der Waals surface area contributed by atoms with Crippen LogP contribution in [0.25, 0.3) is 0 Å². The smallest absolute Gasteiger partial charge is 0.321 e. The summed E-state index contributed by atoms with van der Waals surface area (Å²) >= 11 is 1.36. The molecule has 2 aromatic rings. The summed E-state index contributed by atoms with van der Waals surface area (Å²) < 4.78 is 13.9. The minimum Gasteiger partial charge on any atom is -0.374 e. The highest BCUT2D eigenvalue weighted by Gasteiger charge is 2.16. The lowest BCUT2D eigenvalue weighted by Gasteiger charge is -2.15. The van der Waals surface area contributed by atoms with Gasteiger partial charge < -0.3 is 16.0 Å². The molecule has 7 nitrogen and oxygen atoms in total. The average molecular weight is 364 g/mol. The predicted molar refractivity (Wildman–Crippen MR) is 94.4 cm³/mol. The molecule has 1 unspecified atom stereocenters. The number of rotatable bonds is 5. The van der Waals surface area contributed by atoms with Gasteiger partial charge in [-0.1, -0.05) is 0 Å². The Morgan fingerprint density at radius 2 is 1.96 bits per heavy atom. The Morgan fingerprint density at radius 1 is 1.20 bits per heavy atom. The summed E-state index contributed by atoms with van der Waals surface area (Å²) in [5, 5.41) is 13.1.